The summed E-state index contributed by atoms with van der Waals surface area (Å²) in [6.07, 6.45) is 0. The van der Waals surface area contributed by atoms with Crippen molar-refractivity contribution >= 4 is 23.2 Å². The average molecular weight is 303 g/mol. The number of carbonyl (C=O) groups is 1. The maximum Gasteiger partial charge on any atom is 0.240 e. The zero-order valence-electron chi connectivity index (χ0n) is 12.3. The quantitative estimate of drug-likeness (QED) is 0.845. The van der Waals surface area contributed by atoms with E-state index in [1.54, 1.807) is 11.9 Å². The van der Waals surface area contributed by atoms with Gasteiger partial charge in [-0.1, -0.05) is 41.9 Å². The molecule has 0 spiro atoms. The van der Waals surface area contributed by atoms with Gasteiger partial charge in [-0.3, -0.25) is 9.69 Å². The fourth-order valence-corrected chi connectivity index (χ4v) is 2.22. The highest BCUT2D eigenvalue weighted by Gasteiger charge is 2.13. The number of anilines is 1. The fourth-order valence-electron chi connectivity index (χ4n) is 2.09. The van der Waals surface area contributed by atoms with E-state index >= 15 is 0 Å². The Kier molecular flexibility index (Phi) is 5.37. The Balaban J connectivity index is 1.91. The van der Waals surface area contributed by atoms with Gasteiger partial charge in [-0.05, 0) is 36.9 Å². The lowest BCUT2D eigenvalue weighted by Crippen LogP contribution is -2.36. The maximum atomic E-state index is 12.3. The van der Waals surface area contributed by atoms with Crippen LogP contribution in [0.1, 0.15) is 5.56 Å². The number of nitrogens with zero attached hydrogens (tertiary/aromatic N) is 2. The summed E-state index contributed by atoms with van der Waals surface area (Å²) in [4.78, 5) is 15.9. The monoisotopic (exact) mass is 302 g/mol. The highest BCUT2D eigenvalue weighted by molar-refractivity contribution is 6.30. The average Bonchev–Trinajstić information content (AvgIpc) is 2.49. The highest BCUT2D eigenvalue weighted by Crippen LogP contribution is 2.13. The third-order valence-electron chi connectivity index (χ3n) is 3.29. The molecule has 110 valence electrons. The summed E-state index contributed by atoms with van der Waals surface area (Å²) in [5, 5.41) is 0.723. The molecular weight excluding hydrogens is 284 g/mol. The molecule has 0 atom stereocenters. The van der Waals surface area contributed by atoms with Gasteiger partial charge in [-0.2, -0.15) is 0 Å². The molecule has 0 fully saturated rings. The normalized spacial score (nSPS) is 10.7. The first kappa shape index (κ1) is 15.5. The standard InChI is InChI=1S/C17H19ClN2O/c1-19(12-14-8-10-15(18)11-9-14)13-17(21)20(2)16-6-4-3-5-7-16/h3-11H,12-13H2,1-2H3. The number of halogens is 1. The van der Waals surface area contributed by atoms with E-state index in [2.05, 4.69) is 0 Å². The number of amides is 1. The maximum absolute atomic E-state index is 12.3. The molecule has 0 aliphatic carbocycles. The van der Waals surface area contributed by atoms with Crippen LogP contribution in [0.3, 0.4) is 0 Å². The van der Waals surface area contributed by atoms with Crippen molar-refractivity contribution in [3.63, 3.8) is 0 Å². The zero-order chi connectivity index (χ0) is 15.2. The van der Waals surface area contributed by atoms with Crippen molar-refractivity contribution in [3.8, 4) is 0 Å². The first-order valence-electron chi connectivity index (χ1n) is 6.81. The van der Waals surface area contributed by atoms with Gasteiger partial charge < -0.3 is 4.90 Å². The van der Waals surface area contributed by atoms with Gasteiger partial charge in [0.25, 0.3) is 0 Å². The van der Waals surface area contributed by atoms with Crippen molar-refractivity contribution in [2.75, 3.05) is 25.5 Å². The van der Waals surface area contributed by atoms with Gasteiger partial charge in [0.15, 0.2) is 0 Å². The van der Waals surface area contributed by atoms with E-state index in [1.165, 1.54) is 0 Å². The van der Waals surface area contributed by atoms with Crippen LogP contribution in [0.15, 0.2) is 54.6 Å². The van der Waals surface area contributed by atoms with Gasteiger partial charge in [-0.25, -0.2) is 0 Å². The van der Waals surface area contributed by atoms with Gasteiger partial charge in [0.1, 0.15) is 0 Å². The SMILES string of the molecule is CN(CC(=O)N(C)c1ccccc1)Cc1ccc(Cl)cc1. The van der Waals surface area contributed by atoms with Crippen molar-refractivity contribution in [2.45, 2.75) is 6.54 Å². The van der Waals surface area contributed by atoms with Gasteiger partial charge in [0.05, 0.1) is 6.54 Å². The minimum absolute atomic E-state index is 0.0673. The Bertz CT molecular complexity index is 583. The van der Waals surface area contributed by atoms with Gasteiger partial charge >= 0.3 is 0 Å². The van der Waals surface area contributed by atoms with Crippen molar-refractivity contribution in [1.29, 1.82) is 0 Å². The number of para-hydroxylation sites is 1. The van der Waals surface area contributed by atoms with E-state index in [4.69, 9.17) is 11.6 Å². The van der Waals surface area contributed by atoms with Crippen molar-refractivity contribution in [3.05, 3.63) is 65.2 Å². The summed E-state index contributed by atoms with van der Waals surface area (Å²) in [5.74, 6) is 0.0673. The largest absolute Gasteiger partial charge is 0.314 e. The summed E-state index contributed by atoms with van der Waals surface area (Å²) in [7, 11) is 3.74. The molecule has 0 radical (unpaired) electrons. The molecule has 0 saturated carbocycles. The molecule has 4 heteroatoms. The summed E-state index contributed by atoms with van der Waals surface area (Å²) < 4.78 is 0. The van der Waals surface area contributed by atoms with Crippen LogP contribution in [-0.4, -0.2) is 31.4 Å². The van der Waals surface area contributed by atoms with E-state index in [9.17, 15) is 4.79 Å². The van der Waals surface area contributed by atoms with Gasteiger partial charge in [0, 0.05) is 24.3 Å². The van der Waals surface area contributed by atoms with Crippen LogP contribution in [0.5, 0.6) is 0 Å². The molecule has 0 aromatic heterocycles. The summed E-state index contributed by atoms with van der Waals surface area (Å²) in [6, 6.07) is 17.3. The lowest BCUT2D eigenvalue weighted by atomic mass is 10.2. The van der Waals surface area contributed by atoms with Crippen LogP contribution >= 0.6 is 11.6 Å². The second kappa shape index (κ2) is 7.25. The van der Waals surface area contributed by atoms with Crippen LogP contribution in [0.4, 0.5) is 5.69 Å². The molecule has 0 bridgehead atoms. The summed E-state index contributed by atoms with van der Waals surface area (Å²) >= 11 is 5.87. The number of hydrogen-bond acceptors (Lipinski definition) is 2. The molecule has 2 rings (SSSR count). The number of benzene rings is 2. The first-order valence-corrected chi connectivity index (χ1v) is 7.18. The molecule has 0 N–H and O–H groups in total. The Morgan fingerprint density at radius 1 is 1.00 bits per heavy atom. The number of rotatable bonds is 5. The Labute approximate surface area is 130 Å². The lowest BCUT2D eigenvalue weighted by Gasteiger charge is -2.22. The van der Waals surface area contributed by atoms with Crippen molar-refractivity contribution < 1.29 is 4.79 Å². The second-order valence-electron chi connectivity index (χ2n) is 5.09. The third kappa shape index (κ3) is 4.59. The number of likely N-dealkylation sites (N-methyl/N-ethyl adjacent to an activating group) is 2. The second-order valence-corrected chi connectivity index (χ2v) is 5.52. The Morgan fingerprint density at radius 3 is 2.24 bits per heavy atom. The number of carbonyl (C=O) groups excluding carboxylic acids is 1. The molecule has 3 nitrogen and oxygen atoms in total. The molecule has 21 heavy (non-hydrogen) atoms. The predicted molar refractivity (Wildman–Crippen MR) is 87.6 cm³/mol. The molecule has 2 aromatic rings. The summed E-state index contributed by atoms with van der Waals surface area (Å²) in [5.41, 5.74) is 2.04. The molecular formula is C17H19ClN2O. The minimum Gasteiger partial charge on any atom is -0.314 e. The van der Waals surface area contributed by atoms with Crippen LogP contribution in [0.2, 0.25) is 5.02 Å². The lowest BCUT2D eigenvalue weighted by molar-refractivity contribution is -0.119. The van der Waals surface area contributed by atoms with Crippen molar-refractivity contribution in [1.82, 2.24) is 4.90 Å². The fraction of sp³-hybridized carbons (Fsp3) is 0.235. The predicted octanol–water partition coefficient (Wildman–Crippen LogP) is 3.43. The van der Waals surface area contributed by atoms with Gasteiger partial charge in [-0.15, -0.1) is 0 Å². The van der Waals surface area contributed by atoms with Crippen molar-refractivity contribution in [2.24, 2.45) is 0 Å². The molecule has 0 unspecified atom stereocenters. The first-order chi connectivity index (χ1) is 10.1. The van der Waals surface area contributed by atoms with E-state index in [0.717, 1.165) is 16.3 Å². The smallest absolute Gasteiger partial charge is 0.240 e. The molecule has 0 heterocycles. The van der Waals surface area contributed by atoms with Gasteiger partial charge in [0.2, 0.25) is 5.91 Å². The van der Waals surface area contributed by atoms with Crippen LogP contribution in [-0.2, 0) is 11.3 Å². The Hall–Kier alpha value is -1.84. The third-order valence-corrected chi connectivity index (χ3v) is 3.54. The van der Waals surface area contributed by atoms with Crippen LogP contribution < -0.4 is 4.90 Å². The van der Waals surface area contributed by atoms with E-state index < -0.39 is 0 Å². The van der Waals surface area contributed by atoms with Crippen LogP contribution in [0.25, 0.3) is 0 Å². The Morgan fingerprint density at radius 2 is 1.62 bits per heavy atom. The van der Waals surface area contributed by atoms with Crippen LogP contribution in [0, 0.1) is 0 Å². The molecule has 0 aliphatic heterocycles. The highest BCUT2D eigenvalue weighted by atomic mass is 35.5. The van der Waals surface area contributed by atoms with E-state index in [-0.39, 0.29) is 5.91 Å². The van der Waals surface area contributed by atoms with E-state index in [0.29, 0.717) is 13.1 Å². The summed E-state index contributed by atoms with van der Waals surface area (Å²) in [6.45, 7) is 1.08. The topological polar surface area (TPSA) is 23.6 Å². The molecule has 0 aliphatic rings. The minimum atomic E-state index is 0.0673. The molecule has 1 amide bonds. The molecule has 0 saturated heterocycles. The van der Waals surface area contributed by atoms with E-state index in [1.807, 2.05) is 66.5 Å². The number of hydrogen-bond donors (Lipinski definition) is 0. The molecule has 2 aromatic carbocycles. The zero-order valence-corrected chi connectivity index (χ0v) is 13.0.